The normalized spacial score (nSPS) is 14.5. The topological polar surface area (TPSA) is 37.3 Å². The number of carbonyl (C=O) groups is 1. The number of unbranched alkanes of at least 4 members (excludes halogenated alkanes) is 1. The Hall–Kier alpha value is -0.630. The molecule has 0 amide bonds. The fourth-order valence-corrected chi connectivity index (χ4v) is 0.903. The SMILES string of the molecule is CCCCC(O)C=C(C)C(C)=O. The van der Waals surface area contributed by atoms with Crippen molar-refractivity contribution < 1.29 is 9.90 Å². The number of rotatable bonds is 5. The van der Waals surface area contributed by atoms with Gasteiger partial charge < -0.3 is 5.11 Å². The molecular formula is C10H18O2. The largest absolute Gasteiger partial charge is 0.389 e. The van der Waals surface area contributed by atoms with Crippen LogP contribution in [0, 0.1) is 0 Å². The molecule has 70 valence electrons. The zero-order valence-electron chi connectivity index (χ0n) is 8.13. The lowest BCUT2D eigenvalue weighted by atomic mass is 10.1. The molecule has 1 N–H and O–H groups in total. The molecule has 0 bridgehead atoms. The van der Waals surface area contributed by atoms with Gasteiger partial charge in [-0.2, -0.15) is 0 Å². The van der Waals surface area contributed by atoms with E-state index in [1.165, 1.54) is 6.92 Å². The summed E-state index contributed by atoms with van der Waals surface area (Å²) < 4.78 is 0. The minimum Gasteiger partial charge on any atom is -0.389 e. The molecule has 12 heavy (non-hydrogen) atoms. The third-order valence-corrected chi connectivity index (χ3v) is 1.85. The highest BCUT2D eigenvalue weighted by Gasteiger charge is 2.02. The van der Waals surface area contributed by atoms with Crippen molar-refractivity contribution in [2.45, 2.75) is 46.1 Å². The monoisotopic (exact) mass is 170 g/mol. The van der Waals surface area contributed by atoms with Crippen LogP contribution < -0.4 is 0 Å². The number of aliphatic hydroxyl groups excluding tert-OH is 1. The van der Waals surface area contributed by atoms with Crippen molar-refractivity contribution in [2.75, 3.05) is 0 Å². The lowest BCUT2D eigenvalue weighted by Gasteiger charge is -2.04. The van der Waals surface area contributed by atoms with Gasteiger partial charge >= 0.3 is 0 Å². The third kappa shape index (κ3) is 5.08. The predicted molar refractivity (Wildman–Crippen MR) is 50.0 cm³/mol. The Bertz CT molecular complexity index is 171. The smallest absolute Gasteiger partial charge is 0.155 e. The Balaban J connectivity index is 3.87. The average Bonchev–Trinajstić information content (AvgIpc) is 2.00. The summed E-state index contributed by atoms with van der Waals surface area (Å²) in [7, 11) is 0. The minimum atomic E-state index is -0.450. The molecule has 0 rings (SSSR count). The first-order valence-electron chi connectivity index (χ1n) is 4.45. The molecule has 2 heteroatoms. The Labute approximate surface area is 74.3 Å². The molecule has 0 heterocycles. The Morgan fingerprint density at radius 3 is 2.50 bits per heavy atom. The molecule has 0 saturated heterocycles. The summed E-state index contributed by atoms with van der Waals surface area (Å²) >= 11 is 0. The first kappa shape index (κ1) is 11.4. The van der Waals surface area contributed by atoms with E-state index in [0.29, 0.717) is 5.57 Å². The van der Waals surface area contributed by atoms with Gasteiger partial charge in [0.2, 0.25) is 0 Å². The van der Waals surface area contributed by atoms with Crippen LogP contribution in [0.15, 0.2) is 11.6 Å². The highest BCUT2D eigenvalue weighted by molar-refractivity contribution is 5.92. The van der Waals surface area contributed by atoms with E-state index in [2.05, 4.69) is 6.92 Å². The molecule has 0 fully saturated rings. The lowest BCUT2D eigenvalue weighted by Crippen LogP contribution is -2.05. The molecule has 0 aliphatic heterocycles. The van der Waals surface area contributed by atoms with E-state index in [1.807, 2.05) is 0 Å². The fourth-order valence-electron chi connectivity index (χ4n) is 0.903. The van der Waals surface area contributed by atoms with Crippen LogP contribution in [0.4, 0.5) is 0 Å². The van der Waals surface area contributed by atoms with Crippen molar-refractivity contribution >= 4 is 5.78 Å². The van der Waals surface area contributed by atoms with Gasteiger partial charge in [0, 0.05) is 0 Å². The highest BCUT2D eigenvalue weighted by atomic mass is 16.3. The first-order valence-corrected chi connectivity index (χ1v) is 4.45. The minimum absolute atomic E-state index is 0.0329. The molecule has 2 nitrogen and oxygen atoms in total. The summed E-state index contributed by atoms with van der Waals surface area (Å²) in [5.41, 5.74) is 0.651. The molecule has 0 radical (unpaired) electrons. The Morgan fingerprint density at radius 2 is 2.08 bits per heavy atom. The van der Waals surface area contributed by atoms with E-state index >= 15 is 0 Å². The maximum atomic E-state index is 10.8. The van der Waals surface area contributed by atoms with Gasteiger partial charge in [-0.05, 0) is 31.9 Å². The number of aliphatic hydroxyl groups is 1. The van der Waals surface area contributed by atoms with Crippen LogP contribution in [-0.4, -0.2) is 17.0 Å². The van der Waals surface area contributed by atoms with Crippen molar-refractivity contribution in [1.29, 1.82) is 0 Å². The van der Waals surface area contributed by atoms with Crippen LogP contribution in [0.2, 0.25) is 0 Å². The summed E-state index contributed by atoms with van der Waals surface area (Å²) in [4.78, 5) is 10.8. The van der Waals surface area contributed by atoms with Gasteiger partial charge in [0.1, 0.15) is 0 Å². The summed E-state index contributed by atoms with van der Waals surface area (Å²) in [5.74, 6) is 0.0329. The van der Waals surface area contributed by atoms with E-state index in [4.69, 9.17) is 0 Å². The maximum Gasteiger partial charge on any atom is 0.155 e. The van der Waals surface area contributed by atoms with Crippen LogP contribution in [0.25, 0.3) is 0 Å². The van der Waals surface area contributed by atoms with E-state index in [9.17, 15) is 9.90 Å². The van der Waals surface area contributed by atoms with Gasteiger partial charge in [-0.25, -0.2) is 0 Å². The second-order valence-electron chi connectivity index (χ2n) is 3.12. The van der Waals surface area contributed by atoms with Gasteiger partial charge in [0.25, 0.3) is 0 Å². The summed E-state index contributed by atoms with van der Waals surface area (Å²) in [6, 6.07) is 0. The van der Waals surface area contributed by atoms with Crippen molar-refractivity contribution in [3.05, 3.63) is 11.6 Å². The second-order valence-corrected chi connectivity index (χ2v) is 3.12. The fraction of sp³-hybridized carbons (Fsp3) is 0.700. The van der Waals surface area contributed by atoms with Gasteiger partial charge in [0.15, 0.2) is 5.78 Å². The van der Waals surface area contributed by atoms with Gasteiger partial charge in [-0.1, -0.05) is 19.8 Å². The van der Waals surface area contributed by atoms with Crippen LogP contribution in [0.1, 0.15) is 40.0 Å². The number of Topliss-reactive ketones (excluding diaryl/α,β-unsaturated/α-hetero) is 1. The quantitative estimate of drug-likeness (QED) is 0.641. The molecule has 1 atom stereocenters. The standard InChI is InChI=1S/C10H18O2/c1-4-5-6-10(12)7-8(2)9(3)11/h7,10,12H,4-6H2,1-3H3. The number of carbonyl (C=O) groups excluding carboxylic acids is 1. The lowest BCUT2D eigenvalue weighted by molar-refractivity contribution is -0.113. The Kier molecular flexibility index (Phi) is 5.64. The van der Waals surface area contributed by atoms with Crippen molar-refractivity contribution in [1.82, 2.24) is 0 Å². The summed E-state index contributed by atoms with van der Waals surface area (Å²) in [6.45, 7) is 5.32. The van der Waals surface area contributed by atoms with Gasteiger partial charge in [-0.3, -0.25) is 4.79 Å². The van der Waals surface area contributed by atoms with E-state index in [0.717, 1.165) is 19.3 Å². The van der Waals surface area contributed by atoms with Crippen molar-refractivity contribution in [3.63, 3.8) is 0 Å². The molecule has 0 aliphatic rings. The van der Waals surface area contributed by atoms with Crippen LogP contribution in [-0.2, 0) is 4.79 Å². The zero-order valence-corrected chi connectivity index (χ0v) is 8.13. The van der Waals surface area contributed by atoms with E-state index in [-0.39, 0.29) is 5.78 Å². The first-order chi connectivity index (χ1) is 5.57. The summed E-state index contributed by atoms with van der Waals surface area (Å²) in [5, 5.41) is 9.37. The van der Waals surface area contributed by atoms with Crippen LogP contribution in [0.5, 0.6) is 0 Å². The Morgan fingerprint density at radius 1 is 1.50 bits per heavy atom. The van der Waals surface area contributed by atoms with Gasteiger partial charge in [0.05, 0.1) is 6.10 Å². The average molecular weight is 170 g/mol. The second kappa shape index (κ2) is 5.95. The molecule has 0 aliphatic carbocycles. The molecule has 0 saturated carbocycles. The molecular weight excluding hydrogens is 152 g/mol. The summed E-state index contributed by atoms with van der Waals surface area (Å²) in [6.07, 6.45) is 4.01. The van der Waals surface area contributed by atoms with Crippen molar-refractivity contribution in [2.24, 2.45) is 0 Å². The predicted octanol–water partition coefficient (Wildman–Crippen LogP) is 2.07. The van der Waals surface area contributed by atoms with Crippen LogP contribution >= 0.6 is 0 Å². The third-order valence-electron chi connectivity index (χ3n) is 1.85. The highest BCUT2D eigenvalue weighted by Crippen LogP contribution is 2.04. The van der Waals surface area contributed by atoms with Gasteiger partial charge in [-0.15, -0.1) is 0 Å². The molecule has 0 aromatic heterocycles. The zero-order chi connectivity index (χ0) is 9.56. The molecule has 0 spiro atoms. The number of hydrogen-bond donors (Lipinski definition) is 1. The number of allylic oxidation sites excluding steroid dienone is 1. The van der Waals surface area contributed by atoms with E-state index < -0.39 is 6.10 Å². The molecule has 0 aromatic carbocycles. The van der Waals surface area contributed by atoms with Crippen molar-refractivity contribution in [3.8, 4) is 0 Å². The molecule has 0 aromatic rings. The van der Waals surface area contributed by atoms with E-state index in [1.54, 1.807) is 13.0 Å². The number of hydrogen-bond acceptors (Lipinski definition) is 2. The van der Waals surface area contributed by atoms with Crippen LogP contribution in [0.3, 0.4) is 0 Å². The molecule has 1 unspecified atom stereocenters. The number of ketones is 1. The maximum absolute atomic E-state index is 10.8.